The zero-order valence-electron chi connectivity index (χ0n) is 24.8. The number of aromatic nitrogens is 3. The first-order chi connectivity index (χ1) is 19.9. The van der Waals surface area contributed by atoms with Crippen LogP contribution in [-0.4, -0.2) is 57.0 Å². The van der Waals surface area contributed by atoms with Crippen LogP contribution in [0.2, 0.25) is 0 Å². The van der Waals surface area contributed by atoms with Crippen molar-refractivity contribution in [3.05, 3.63) is 59.1 Å². The summed E-state index contributed by atoms with van der Waals surface area (Å²) < 4.78 is 7.35. The second kappa shape index (κ2) is 12.3. The van der Waals surface area contributed by atoms with Crippen molar-refractivity contribution in [2.24, 2.45) is 23.8 Å². The van der Waals surface area contributed by atoms with Crippen LogP contribution in [-0.2, 0) is 32.7 Å². The fourth-order valence-corrected chi connectivity index (χ4v) is 6.38. The second-order valence-corrected chi connectivity index (χ2v) is 12.0. The monoisotopic (exact) mass is 580 g/mol. The van der Waals surface area contributed by atoms with Crippen molar-refractivity contribution in [3.63, 3.8) is 0 Å². The van der Waals surface area contributed by atoms with E-state index in [1.54, 1.807) is 13.1 Å². The first-order valence-electron chi connectivity index (χ1n) is 14.2. The van der Waals surface area contributed by atoms with Crippen LogP contribution in [0, 0.1) is 16.7 Å². The summed E-state index contributed by atoms with van der Waals surface area (Å²) in [5.41, 5.74) is -0.159. The molecule has 2 bridgehead atoms. The molecule has 4 atom stereocenters. The van der Waals surface area contributed by atoms with Crippen LogP contribution in [0.25, 0.3) is 0 Å². The number of imidazole rings is 1. The van der Waals surface area contributed by atoms with Crippen molar-refractivity contribution < 1.29 is 23.9 Å². The van der Waals surface area contributed by atoms with Gasteiger partial charge in [-0.2, -0.15) is 0 Å². The molecule has 226 valence electrons. The van der Waals surface area contributed by atoms with E-state index in [1.807, 2.05) is 0 Å². The standard InChI is InChI=1S/C30H40N6O6/c1-29(2)19-12-13-30(29,3)23(15-19)34-24(37)17-36-14-8-10-21(28(36)41)33-26(39)20(9-6-7-11-25(38)42-5)32-27(40)22-16-31-18-35(22)4/h7-8,10-11,14,16,18-20,23H,6,9,12-13,15,17H2,1-5H3,(H,32,40)(H,33,39)(H,34,37)/b11-7+/t19-,20+,23+,30-/m1/s1. The quantitative estimate of drug-likeness (QED) is 0.272. The Kier molecular flexibility index (Phi) is 9.03. The molecule has 42 heavy (non-hydrogen) atoms. The molecule has 2 aliphatic rings. The lowest BCUT2D eigenvalue weighted by atomic mass is 9.69. The highest BCUT2D eigenvalue weighted by Crippen LogP contribution is 2.65. The summed E-state index contributed by atoms with van der Waals surface area (Å²) in [6, 6.07) is 2.04. The van der Waals surface area contributed by atoms with Crippen molar-refractivity contribution >= 4 is 29.4 Å². The number of aryl methyl sites for hydroxylation is 1. The predicted octanol–water partition coefficient (Wildman–Crippen LogP) is 2.16. The average molecular weight is 581 g/mol. The number of anilines is 1. The molecule has 2 aliphatic carbocycles. The minimum Gasteiger partial charge on any atom is -0.466 e. The molecule has 2 aromatic rings. The van der Waals surface area contributed by atoms with E-state index >= 15 is 0 Å². The third-order valence-corrected chi connectivity index (χ3v) is 9.47. The molecule has 0 spiro atoms. The van der Waals surface area contributed by atoms with Gasteiger partial charge in [-0.3, -0.25) is 19.2 Å². The van der Waals surface area contributed by atoms with Gasteiger partial charge in [0.25, 0.3) is 11.5 Å². The topological polar surface area (TPSA) is 153 Å². The third-order valence-electron chi connectivity index (χ3n) is 9.47. The Hall–Kier alpha value is -4.22. The Balaban J connectivity index is 1.43. The number of allylic oxidation sites excluding steroid dienone is 1. The predicted molar refractivity (Wildman–Crippen MR) is 155 cm³/mol. The molecule has 2 saturated carbocycles. The Morgan fingerprint density at radius 2 is 2.00 bits per heavy atom. The number of esters is 1. The summed E-state index contributed by atoms with van der Waals surface area (Å²) in [7, 11) is 2.91. The molecule has 2 fully saturated rings. The summed E-state index contributed by atoms with van der Waals surface area (Å²) in [5.74, 6) is -1.37. The van der Waals surface area contributed by atoms with Gasteiger partial charge in [0.05, 0.1) is 19.6 Å². The average Bonchev–Trinajstić information content (AvgIpc) is 3.53. The fraction of sp³-hybridized carbons (Fsp3) is 0.533. The van der Waals surface area contributed by atoms with Crippen LogP contribution < -0.4 is 21.5 Å². The molecule has 12 nitrogen and oxygen atoms in total. The van der Waals surface area contributed by atoms with Crippen LogP contribution in [0.5, 0.6) is 0 Å². The van der Waals surface area contributed by atoms with Crippen molar-refractivity contribution in [2.75, 3.05) is 12.4 Å². The number of carbonyl (C=O) groups excluding carboxylic acids is 4. The zero-order chi connectivity index (χ0) is 30.7. The molecule has 0 saturated heterocycles. The summed E-state index contributed by atoms with van der Waals surface area (Å²) in [6.45, 7) is 6.60. The van der Waals surface area contributed by atoms with Crippen molar-refractivity contribution in [3.8, 4) is 0 Å². The molecule has 2 heterocycles. The highest BCUT2D eigenvalue weighted by atomic mass is 16.5. The van der Waals surface area contributed by atoms with E-state index < -0.39 is 29.4 Å². The number of carbonyl (C=O) groups is 4. The molecule has 0 unspecified atom stereocenters. The maximum Gasteiger partial charge on any atom is 0.330 e. The third kappa shape index (κ3) is 6.17. The van der Waals surface area contributed by atoms with E-state index in [-0.39, 0.29) is 53.5 Å². The van der Waals surface area contributed by atoms with E-state index in [9.17, 15) is 24.0 Å². The van der Waals surface area contributed by atoms with E-state index in [1.165, 1.54) is 59.6 Å². The molecule has 0 aromatic carbocycles. The molecular weight excluding hydrogens is 540 g/mol. The Labute approximate surface area is 244 Å². The summed E-state index contributed by atoms with van der Waals surface area (Å²) in [5, 5.41) is 8.44. The Morgan fingerprint density at radius 1 is 1.24 bits per heavy atom. The molecular formula is C30H40N6O6. The lowest BCUT2D eigenvalue weighted by molar-refractivity contribution is -0.134. The van der Waals surface area contributed by atoms with Crippen molar-refractivity contribution in [2.45, 2.75) is 71.5 Å². The van der Waals surface area contributed by atoms with Crippen molar-refractivity contribution in [1.82, 2.24) is 24.8 Å². The van der Waals surface area contributed by atoms with Crippen LogP contribution >= 0.6 is 0 Å². The van der Waals surface area contributed by atoms with Gasteiger partial charge in [-0.25, -0.2) is 9.78 Å². The van der Waals surface area contributed by atoms with Gasteiger partial charge in [-0.15, -0.1) is 0 Å². The van der Waals surface area contributed by atoms with Crippen LogP contribution in [0.4, 0.5) is 5.69 Å². The van der Waals surface area contributed by atoms with E-state index in [0.717, 1.165) is 12.8 Å². The number of amides is 3. The van der Waals surface area contributed by atoms with Gasteiger partial charge < -0.3 is 29.8 Å². The number of rotatable bonds is 11. The maximum atomic E-state index is 13.3. The summed E-state index contributed by atoms with van der Waals surface area (Å²) in [4.78, 5) is 67.7. The molecule has 3 N–H and O–H groups in total. The van der Waals surface area contributed by atoms with Crippen molar-refractivity contribution in [1.29, 1.82) is 0 Å². The number of ether oxygens (including phenoxy) is 1. The number of nitrogens with zero attached hydrogens (tertiary/aromatic N) is 3. The number of pyridine rings is 1. The van der Waals surface area contributed by atoms with Crippen LogP contribution in [0.3, 0.4) is 0 Å². The number of fused-ring (bicyclic) bond motifs is 2. The number of nitrogens with one attached hydrogen (secondary N) is 3. The number of hydrogen-bond acceptors (Lipinski definition) is 7. The molecule has 2 aromatic heterocycles. The Bertz CT molecular complexity index is 1440. The Morgan fingerprint density at radius 3 is 2.62 bits per heavy atom. The van der Waals surface area contributed by atoms with Gasteiger partial charge in [-0.1, -0.05) is 26.8 Å². The summed E-state index contributed by atoms with van der Waals surface area (Å²) >= 11 is 0. The normalized spacial score (nSPS) is 23.0. The smallest absolute Gasteiger partial charge is 0.330 e. The first-order valence-corrected chi connectivity index (χ1v) is 14.2. The first kappa shape index (κ1) is 30.7. The van der Waals surface area contributed by atoms with Gasteiger partial charge in [0.1, 0.15) is 24.0 Å². The number of methoxy groups -OCH3 is 1. The lowest BCUT2D eigenvalue weighted by Gasteiger charge is -2.39. The largest absolute Gasteiger partial charge is 0.466 e. The molecule has 4 rings (SSSR count). The number of hydrogen-bond donors (Lipinski definition) is 3. The van der Waals surface area contributed by atoms with Gasteiger partial charge in [-0.05, 0) is 61.0 Å². The highest BCUT2D eigenvalue weighted by Gasteiger charge is 2.61. The van der Waals surface area contributed by atoms with Gasteiger partial charge >= 0.3 is 5.97 Å². The fourth-order valence-electron chi connectivity index (χ4n) is 6.38. The zero-order valence-corrected chi connectivity index (χ0v) is 24.8. The molecule has 0 aliphatic heterocycles. The van der Waals surface area contributed by atoms with Crippen LogP contribution in [0.15, 0.2) is 47.8 Å². The van der Waals surface area contributed by atoms with E-state index in [2.05, 4.69) is 46.4 Å². The summed E-state index contributed by atoms with van der Waals surface area (Å²) in [6.07, 6.45) is 10.7. The minimum atomic E-state index is -1.03. The molecule has 12 heteroatoms. The SMILES string of the molecule is COC(=O)/C=C/CC[C@H](NC(=O)c1cncn1C)C(=O)Nc1cccn(CC(=O)N[C@H]2C[C@H]3CC[C@@]2(C)C3(C)C)c1=O. The lowest BCUT2D eigenvalue weighted by Crippen LogP contribution is -2.48. The van der Waals surface area contributed by atoms with Gasteiger partial charge in [0, 0.05) is 25.4 Å². The molecule has 0 radical (unpaired) electrons. The van der Waals surface area contributed by atoms with E-state index in [4.69, 9.17) is 0 Å². The minimum absolute atomic E-state index is 0.00900. The molecule has 3 amide bonds. The van der Waals surface area contributed by atoms with E-state index in [0.29, 0.717) is 5.92 Å². The van der Waals surface area contributed by atoms with Gasteiger partial charge in [0.2, 0.25) is 11.8 Å². The highest BCUT2D eigenvalue weighted by molar-refractivity contribution is 6.00. The van der Waals surface area contributed by atoms with Gasteiger partial charge in [0.15, 0.2) is 0 Å². The second-order valence-electron chi connectivity index (χ2n) is 12.0. The maximum absolute atomic E-state index is 13.3. The van der Waals surface area contributed by atoms with Crippen LogP contribution in [0.1, 0.15) is 63.4 Å².